The molecular formula is C21H25FN4O2. The smallest absolute Gasteiger partial charge is 0.293 e. The Morgan fingerprint density at radius 3 is 2.11 bits per heavy atom. The molecule has 0 bridgehead atoms. The van der Waals surface area contributed by atoms with Crippen LogP contribution in [0.4, 0.5) is 4.39 Å². The minimum atomic E-state index is -1.63. The predicted octanol–water partition coefficient (Wildman–Crippen LogP) is 3.60. The maximum absolute atomic E-state index is 13.4. The van der Waals surface area contributed by atoms with E-state index >= 15 is 0 Å². The molecule has 3 atom stereocenters. The Balaban J connectivity index is 2.08. The number of benzene rings is 1. The van der Waals surface area contributed by atoms with Crippen LogP contribution < -0.4 is 5.73 Å². The summed E-state index contributed by atoms with van der Waals surface area (Å²) in [5, 5.41) is 20.3. The number of nitrogens with two attached hydrogens (primary N) is 1. The third kappa shape index (κ3) is 2.54. The molecule has 0 amide bonds. The summed E-state index contributed by atoms with van der Waals surface area (Å²) in [6.07, 6.45) is 3.32. The molecule has 0 saturated heterocycles. The highest BCUT2D eigenvalue weighted by Crippen LogP contribution is 2.82. The Kier molecular flexibility index (Phi) is 5.43. The first kappa shape index (κ1) is 20.3. The van der Waals surface area contributed by atoms with E-state index in [-0.39, 0.29) is 5.84 Å². The Morgan fingerprint density at radius 2 is 1.64 bits per heavy atom. The Labute approximate surface area is 164 Å². The van der Waals surface area contributed by atoms with Crippen LogP contribution in [-0.4, -0.2) is 25.0 Å². The summed E-state index contributed by atoms with van der Waals surface area (Å²) in [5.41, 5.74) is 4.10. The third-order valence-electron chi connectivity index (χ3n) is 5.72. The van der Waals surface area contributed by atoms with E-state index in [4.69, 9.17) is 15.2 Å². The van der Waals surface area contributed by atoms with Crippen molar-refractivity contribution >= 4 is 5.84 Å². The standard InChI is InChI=1S/C21H25FN4O2/c1-3-5-11-27-21(28-12-6-4-2)20(14-24)17(15-7-9-16(22)10-8-15)19(20,13-23)18(25)26-21/h7-10,17H,3-6,11-12H2,1-2H3,(H2,25,26)/t17-,19-,20+/m0/s1. The van der Waals surface area contributed by atoms with Gasteiger partial charge in [-0.2, -0.15) is 10.5 Å². The number of nitriles is 2. The number of hydrogen-bond acceptors (Lipinski definition) is 6. The lowest BCUT2D eigenvalue weighted by atomic mass is 9.93. The molecule has 7 heteroatoms. The summed E-state index contributed by atoms with van der Waals surface area (Å²) in [7, 11) is 0. The van der Waals surface area contributed by atoms with E-state index in [9.17, 15) is 14.9 Å². The fourth-order valence-corrected chi connectivity index (χ4v) is 4.22. The molecule has 1 heterocycles. The summed E-state index contributed by atoms with van der Waals surface area (Å²) in [6, 6.07) is 10.3. The van der Waals surface area contributed by atoms with Crippen LogP contribution in [0.1, 0.15) is 51.0 Å². The van der Waals surface area contributed by atoms with Gasteiger partial charge < -0.3 is 15.2 Å². The monoisotopic (exact) mass is 384 g/mol. The fraction of sp³-hybridized carbons (Fsp3) is 0.571. The second-order valence-corrected chi connectivity index (χ2v) is 7.31. The molecule has 148 valence electrons. The van der Waals surface area contributed by atoms with Gasteiger partial charge in [0.05, 0.1) is 25.4 Å². The molecule has 1 aromatic rings. The third-order valence-corrected chi connectivity index (χ3v) is 5.72. The topological polar surface area (TPSA) is 104 Å². The molecule has 2 aliphatic rings. The minimum absolute atomic E-state index is 0.0406. The number of aliphatic imine (C=N–C) groups is 1. The lowest BCUT2D eigenvalue weighted by molar-refractivity contribution is -0.260. The molecule has 0 radical (unpaired) electrons. The van der Waals surface area contributed by atoms with Crippen molar-refractivity contribution in [2.24, 2.45) is 21.6 Å². The molecule has 1 aliphatic heterocycles. The molecule has 6 nitrogen and oxygen atoms in total. The highest BCUT2D eigenvalue weighted by Gasteiger charge is 2.93. The molecule has 0 unspecified atom stereocenters. The first-order valence-electron chi connectivity index (χ1n) is 9.71. The maximum Gasteiger partial charge on any atom is 0.293 e. The lowest BCUT2D eigenvalue weighted by Gasteiger charge is -2.32. The van der Waals surface area contributed by atoms with Gasteiger partial charge in [0.15, 0.2) is 5.41 Å². The van der Waals surface area contributed by atoms with Crippen molar-refractivity contribution in [1.82, 2.24) is 0 Å². The van der Waals surface area contributed by atoms with Crippen LogP contribution in [0.2, 0.25) is 0 Å². The second-order valence-electron chi connectivity index (χ2n) is 7.31. The van der Waals surface area contributed by atoms with E-state index in [0.29, 0.717) is 18.8 Å². The molecule has 0 spiro atoms. The van der Waals surface area contributed by atoms with Gasteiger partial charge in [-0.15, -0.1) is 0 Å². The molecule has 0 aromatic heterocycles. The van der Waals surface area contributed by atoms with Crippen molar-refractivity contribution < 1.29 is 13.9 Å². The largest absolute Gasteiger partial charge is 0.386 e. The fourth-order valence-electron chi connectivity index (χ4n) is 4.22. The number of ether oxygens (including phenoxy) is 2. The van der Waals surface area contributed by atoms with Gasteiger partial charge in [0.25, 0.3) is 5.91 Å². The summed E-state index contributed by atoms with van der Waals surface area (Å²) < 4.78 is 25.5. The Hall–Kier alpha value is -2.48. The van der Waals surface area contributed by atoms with E-state index in [0.717, 1.165) is 25.7 Å². The number of amidine groups is 1. The normalized spacial score (nSPS) is 29.5. The molecule has 1 fully saturated rings. The van der Waals surface area contributed by atoms with Crippen molar-refractivity contribution in [1.29, 1.82) is 10.5 Å². The SMILES string of the molecule is CCCCOC1(OCCCC)N=C(N)[C@]2(C#N)[C@H](c3ccc(F)cc3)[C@@]12C#N. The van der Waals surface area contributed by atoms with Crippen LogP contribution in [-0.2, 0) is 9.47 Å². The second kappa shape index (κ2) is 7.50. The number of halogens is 1. The van der Waals surface area contributed by atoms with E-state index in [1.165, 1.54) is 12.1 Å². The zero-order valence-electron chi connectivity index (χ0n) is 16.2. The number of hydrogen-bond donors (Lipinski definition) is 1. The van der Waals surface area contributed by atoms with Gasteiger partial charge in [0.1, 0.15) is 17.1 Å². The Morgan fingerprint density at radius 1 is 1.07 bits per heavy atom. The van der Waals surface area contributed by atoms with Crippen LogP contribution in [0, 0.1) is 39.3 Å². The van der Waals surface area contributed by atoms with Crippen molar-refractivity contribution in [3.8, 4) is 12.1 Å². The van der Waals surface area contributed by atoms with Crippen LogP contribution in [0.25, 0.3) is 0 Å². The number of nitrogens with zero attached hydrogens (tertiary/aromatic N) is 3. The first-order valence-corrected chi connectivity index (χ1v) is 9.71. The highest BCUT2D eigenvalue weighted by atomic mass is 19.1. The molecule has 1 aliphatic carbocycles. The van der Waals surface area contributed by atoms with Crippen LogP contribution in [0.15, 0.2) is 29.3 Å². The average molecular weight is 384 g/mol. The number of unbranched alkanes of at least 4 members (excludes halogenated alkanes) is 2. The molecule has 1 saturated carbocycles. The van der Waals surface area contributed by atoms with E-state index in [1.807, 2.05) is 13.8 Å². The molecular weight excluding hydrogens is 359 g/mol. The van der Waals surface area contributed by atoms with E-state index in [2.05, 4.69) is 17.1 Å². The van der Waals surface area contributed by atoms with Gasteiger partial charge in [0.2, 0.25) is 0 Å². The van der Waals surface area contributed by atoms with Gasteiger partial charge in [-0.1, -0.05) is 38.8 Å². The lowest BCUT2D eigenvalue weighted by Crippen LogP contribution is -2.44. The van der Waals surface area contributed by atoms with Crippen molar-refractivity contribution in [2.75, 3.05) is 13.2 Å². The van der Waals surface area contributed by atoms with E-state index in [1.54, 1.807) is 12.1 Å². The summed E-state index contributed by atoms with van der Waals surface area (Å²) in [4.78, 5) is 4.40. The minimum Gasteiger partial charge on any atom is -0.386 e. The summed E-state index contributed by atoms with van der Waals surface area (Å²) >= 11 is 0. The zero-order chi connectivity index (χ0) is 20.4. The maximum atomic E-state index is 13.4. The zero-order valence-corrected chi connectivity index (χ0v) is 16.2. The predicted molar refractivity (Wildman–Crippen MR) is 101 cm³/mol. The van der Waals surface area contributed by atoms with Gasteiger partial charge >= 0.3 is 0 Å². The molecule has 28 heavy (non-hydrogen) atoms. The van der Waals surface area contributed by atoms with Crippen LogP contribution in [0.3, 0.4) is 0 Å². The van der Waals surface area contributed by atoms with Crippen LogP contribution >= 0.6 is 0 Å². The van der Waals surface area contributed by atoms with Gasteiger partial charge in [-0.25, -0.2) is 9.38 Å². The summed E-state index contributed by atoms with van der Waals surface area (Å²) in [5.74, 6) is -2.58. The highest BCUT2D eigenvalue weighted by molar-refractivity contribution is 6.00. The van der Waals surface area contributed by atoms with Crippen molar-refractivity contribution in [3.05, 3.63) is 35.6 Å². The van der Waals surface area contributed by atoms with Crippen molar-refractivity contribution in [3.63, 3.8) is 0 Å². The van der Waals surface area contributed by atoms with Crippen LogP contribution in [0.5, 0.6) is 0 Å². The number of fused-ring (bicyclic) bond motifs is 1. The Bertz CT molecular complexity index is 831. The van der Waals surface area contributed by atoms with E-state index < -0.39 is 28.5 Å². The molecule has 3 rings (SSSR count). The average Bonchev–Trinajstić information content (AvgIpc) is 3.27. The van der Waals surface area contributed by atoms with Crippen molar-refractivity contribution in [2.45, 2.75) is 51.4 Å². The van der Waals surface area contributed by atoms with Gasteiger partial charge in [0, 0.05) is 5.92 Å². The van der Waals surface area contributed by atoms with Gasteiger partial charge in [-0.3, -0.25) is 0 Å². The number of rotatable bonds is 9. The molecule has 1 aromatic carbocycles. The quantitative estimate of drug-likeness (QED) is 0.517. The van der Waals surface area contributed by atoms with Gasteiger partial charge in [-0.05, 0) is 30.5 Å². The first-order chi connectivity index (χ1) is 13.5. The molecule has 2 N–H and O–H groups in total. The summed E-state index contributed by atoms with van der Waals surface area (Å²) in [6.45, 7) is 4.72.